The average Bonchev–Trinajstić information content (AvgIpc) is 2.75. The molecule has 0 fully saturated rings. The monoisotopic (exact) mass is 374 g/mol. The van der Waals surface area contributed by atoms with Crippen LogP contribution >= 0.6 is 0 Å². The predicted octanol–water partition coefficient (Wildman–Crippen LogP) is 4.66. The number of likely N-dealkylation sites (N-methyl/N-ethyl adjacent to an activating group) is 1. The second-order valence-corrected chi connectivity index (χ2v) is 6.75. The van der Waals surface area contributed by atoms with E-state index < -0.39 is 0 Å². The van der Waals surface area contributed by atoms with E-state index in [2.05, 4.69) is 17.4 Å². The minimum atomic E-state index is -0.203. The quantitative estimate of drug-likeness (QED) is 0.723. The first-order chi connectivity index (χ1) is 13.7. The van der Waals surface area contributed by atoms with Gasteiger partial charge in [0.25, 0.3) is 0 Å². The second-order valence-electron chi connectivity index (χ2n) is 6.75. The van der Waals surface area contributed by atoms with Crippen molar-refractivity contribution in [2.45, 2.75) is 6.10 Å². The molecular weight excluding hydrogens is 352 g/mol. The van der Waals surface area contributed by atoms with E-state index in [1.165, 1.54) is 0 Å². The van der Waals surface area contributed by atoms with Gasteiger partial charge in [-0.25, -0.2) is 4.79 Å². The summed E-state index contributed by atoms with van der Waals surface area (Å²) < 4.78 is 11.6. The number of ether oxygens (including phenoxy) is 2. The molecule has 28 heavy (non-hydrogen) atoms. The lowest BCUT2D eigenvalue weighted by Crippen LogP contribution is -2.43. The fourth-order valence-electron chi connectivity index (χ4n) is 3.14. The summed E-state index contributed by atoms with van der Waals surface area (Å²) in [6.07, 6.45) is -0.203. The Labute approximate surface area is 164 Å². The van der Waals surface area contributed by atoms with Crippen LogP contribution in [0.2, 0.25) is 0 Å². The first kappa shape index (κ1) is 17.9. The maximum absolute atomic E-state index is 12.5. The molecule has 1 aliphatic heterocycles. The van der Waals surface area contributed by atoms with Crippen molar-refractivity contribution < 1.29 is 14.3 Å². The lowest BCUT2D eigenvalue weighted by molar-refractivity contribution is 0.0731. The van der Waals surface area contributed by atoms with Gasteiger partial charge in [-0.1, -0.05) is 54.6 Å². The second kappa shape index (κ2) is 8.05. The molecule has 0 aliphatic carbocycles. The van der Waals surface area contributed by atoms with Crippen LogP contribution in [0.3, 0.4) is 0 Å². The summed E-state index contributed by atoms with van der Waals surface area (Å²) in [6, 6.07) is 25.3. The third-order valence-electron chi connectivity index (χ3n) is 4.64. The van der Waals surface area contributed by atoms with Crippen LogP contribution < -0.4 is 14.8 Å². The molecular formula is C23H22N2O3. The van der Waals surface area contributed by atoms with Crippen molar-refractivity contribution in [3.8, 4) is 22.6 Å². The van der Waals surface area contributed by atoms with E-state index in [9.17, 15) is 4.79 Å². The van der Waals surface area contributed by atoms with Crippen LogP contribution in [-0.4, -0.2) is 37.2 Å². The van der Waals surface area contributed by atoms with Crippen molar-refractivity contribution in [3.63, 3.8) is 0 Å². The Balaban J connectivity index is 1.33. The Hall–Kier alpha value is -3.47. The number of urea groups is 1. The molecule has 5 nitrogen and oxygen atoms in total. The van der Waals surface area contributed by atoms with Crippen LogP contribution in [-0.2, 0) is 0 Å². The van der Waals surface area contributed by atoms with Crippen molar-refractivity contribution in [1.29, 1.82) is 0 Å². The summed E-state index contributed by atoms with van der Waals surface area (Å²) in [5.74, 6) is 1.45. The smallest absolute Gasteiger partial charge is 0.321 e. The number of rotatable bonds is 4. The molecule has 5 heteroatoms. The van der Waals surface area contributed by atoms with Gasteiger partial charge in [0.1, 0.15) is 6.61 Å². The summed E-state index contributed by atoms with van der Waals surface area (Å²) in [5, 5.41) is 2.92. The largest absolute Gasteiger partial charge is 0.486 e. The lowest BCUT2D eigenvalue weighted by Gasteiger charge is -2.29. The molecule has 0 bridgehead atoms. The molecule has 1 unspecified atom stereocenters. The normalized spacial score (nSPS) is 15.0. The molecule has 3 aromatic rings. The van der Waals surface area contributed by atoms with E-state index in [1.807, 2.05) is 66.7 Å². The lowest BCUT2D eigenvalue weighted by atomic mass is 10.1. The highest BCUT2D eigenvalue weighted by molar-refractivity contribution is 5.89. The average molecular weight is 374 g/mol. The Morgan fingerprint density at radius 3 is 2.32 bits per heavy atom. The Morgan fingerprint density at radius 1 is 0.929 bits per heavy atom. The number of hydrogen-bond donors (Lipinski definition) is 1. The molecule has 0 saturated heterocycles. The molecule has 0 radical (unpaired) electrons. The van der Waals surface area contributed by atoms with Gasteiger partial charge >= 0.3 is 6.03 Å². The maximum Gasteiger partial charge on any atom is 0.321 e. The molecule has 1 aliphatic rings. The number of benzene rings is 3. The predicted molar refractivity (Wildman–Crippen MR) is 110 cm³/mol. The summed E-state index contributed by atoms with van der Waals surface area (Å²) in [5.41, 5.74) is 3.01. The van der Waals surface area contributed by atoms with Gasteiger partial charge in [-0.3, -0.25) is 0 Å². The van der Waals surface area contributed by atoms with E-state index in [0.29, 0.717) is 18.9 Å². The molecule has 142 valence electrons. The number of amides is 2. The van der Waals surface area contributed by atoms with Gasteiger partial charge in [0.05, 0.1) is 6.54 Å². The van der Waals surface area contributed by atoms with Crippen molar-refractivity contribution in [2.24, 2.45) is 0 Å². The van der Waals surface area contributed by atoms with Gasteiger partial charge in [0.15, 0.2) is 17.6 Å². The summed E-state index contributed by atoms with van der Waals surface area (Å²) >= 11 is 0. The van der Waals surface area contributed by atoms with Crippen LogP contribution in [0.1, 0.15) is 0 Å². The Morgan fingerprint density at radius 2 is 1.57 bits per heavy atom. The summed E-state index contributed by atoms with van der Waals surface area (Å²) in [6.45, 7) is 0.850. The SMILES string of the molecule is CN(CC1COc2ccccc2O1)C(=O)Nc1ccc(-c2ccccc2)cc1. The third-order valence-corrected chi connectivity index (χ3v) is 4.64. The zero-order chi connectivity index (χ0) is 19.3. The van der Waals surface area contributed by atoms with Crippen LogP contribution in [0.25, 0.3) is 11.1 Å². The number of nitrogens with one attached hydrogen (secondary N) is 1. The van der Waals surface area contributed by atoms with E-state index in [0.717, 1.165) is 22.6 Å². The first-order valence-electron chi connectivity index (χ1n) is 9.25. The van der Waals surface area contributed by atoms with Crippen LogP contribution in [0.4, 0.5) is 10.5 Å². The number of carbonyl (C=O) groups is 1. The zero-order valence-electron chi connectivity index (χ0n) is 15.7. The van der Waals surface area contributed by atoms with Gasteiger partial charge in [-0.2, -0.15) is 0 Å². The first-order valence-corrected chi connectivity index (χ1v) is 9.25. The number of fused-ring (bicyclic) bond motifs is 1. The number of anilines is 1. The van der Waals surface area contributed by atoms with E-state index in [1.54, 1.807) is 11.9 Å². The van der Waals surface area contributed by atoms with E-state index in [4.69, 9.17) is 9.47 Å². The molecule has 1 heterocycles. The van der Waals surface area contributed by atoms with Crippen LogP contribution in [0.5, 0.6) is 11.5 Å². The van der Waals surface area contributed by atoms with Gasteiger partial charge in [-0.05, 0) is 35.4 Å². The molecule has 4 rings (SSSR count). The van der Waals surface area contributed by atoms with Crippen molar-refractivity contribution in [3.05, 3.63) is 78.9 Å². The highest BCUT2D eigenvalue weighted by Gasteiger charge is 2.23. The van der Waals surface area contributed by atoms with Gasteiger partial charge < -0.3 is 19.7 Å². The van der Waals surface area contributed by atoms with Crippen molar-refractivity contribution >= 4 is 11.7 Å². The highest BCUT2D eigenvalue weighted by atomic mass is 16.6. The van der Waals surface area contributed by atoms with Crippen LogP contribution in [0.15, 0.2) is 78.9 Å². The van der Waals surface area contributed by atoms with Crippen LogP contribution in [0, 0.1) is 0 Å². The molecule has 0 spiro atoms. The van der Waals surface area contributed by atoms with E-state index >= 15 is 0 Å². The summed E-state index contributed by atoms with van der Waals surface area (Å²) in [7, 11) is 1.75. The third kappa shape index (κ3) is 4.09. The molecule has 0 saturated carbocycles. The molecule has 3 aromatic carbocycles. The minimum absolute atomic E-state index is 0.185. The summed E-state index contributed by atoms with van der Waals surface area (Å²) in [4.78, 5) is 14.1. The fourth-order valence-corrected chi connectivity index (χ4v) is 3.14. The molecule has 0 aromatic heterocycles. The number of para-hydroxylation sites is 2. The zero-order valence-corrected chi connectivity index (χ0v) is 15.7. The Bertz CT molecular complexity index is 942. The van der Waals surface area contributed by atoms with Gasteiger partial charge in [0.2, 0.25) is 0 Å². The number of nitrogens with zero attached hydrogens (tertiary/aromatic N) is 1. The van der Waals surface area contributed by atoms with Gasteiger partial charge in [-0.15, -0.1) is 0 Å². The fraction of sp³-hybridized carbons (Fsp3) is 0.174. The standard InChI is InChI=1S/C23H22N2O3/c1-25(15-20-16-27-21-9-5-6-10-22(21)28-20)23(26)24-19-13-11-18(12-14-19)17-7-3-2-4-8-17/h2-14,20H,15-16H2,1H3,(H,24,26). The Kier molecular flexibility index (Phi) is 5.15. The minimum Gasteiger partial charge on any atom is -0.486 e. The van der Waals surface area contributed by atoms with Crippen molar-refractivity contribution in [2.75, 3.05) is 25.5 Å². The molecule has 2 amide bonds. The van der Waals surface area contributed by atoms with Gasteiger partial charge in [0, 0.05) is 12.7 Å². The van der Waals surface area contributed by atoms with E-state index in [-0.39, 0.29) is 12.1 Å². The maximum atomic E-state index is 12.5. The molecule has 1 N–H and O–H groups in total. The highest BCUT2D eigenvalue weighted by Crippen LogP contribution is 2.31. The topological polar surface area (TPSA) is 50.8 Å². The number of carbonyl (C=O) groups excluding carboxylic acids is 1. The molecule has 1 atom stereocenters. The number of hydrogen-bond acceptors (Lipinski definition) is 3. The van der Waals surface area contributed by atoms with Crippen molar-refractivity contribution in [1.82, 2.24) is 4.90 Å².